The number of halogens is 1. The molecule has 7 rings (SSSR count). The van der Waals surface area contributed by atoms with Gasteiger partial charge in [0.25, 0.3) is 0 Å². The Bertz CT molecular complexity index is 2040. The minimum absolute atomic E-state index is 0.152. The van der Waals surface area contributed by atoms with E-state index >= 15 is 0 Å². The van der Waals surface area contributed by atoms with E-state index in [1.807, 2.05) is 33.9 Å². The van der Waals surface area contributed by atoms with E-state index in [9.17, 15) is 9.13 Å². The van der Waals surface area contributed by atoms with E-state index in [1.165, 1.54) is 29.9 Å². The second kappa shape index (κ2) is 13.0. The maximum atomic E-state index is 14.2. The largest absolute Gasteiger partial charge is 0.406 e. The van der Waals surface area contributed by atoms with Gasteiger partial charge in [-0.25, -0.2) is 39.0 Å². The van der Waals surface area contributed by atoms with Crippen molar-refractivity contribution < 1.29 is 41.1 Å². The van der Waals surface area contributed by atoms with Crippen LogP contribution < -0.4 is 5.73 Å². The van der Waals surface area contributed by atoms with Crippen molar-refractivity contribution in [3.63, 3.8) is 0 Å². The Morgan fingerprint density at radius 3 is 2.22 bits per heavy atom. The van der Waals surface area contributed by atoms with Crippen molar-refractivity contribution in [3.05, 3.63) is 31.0 Å². The van der Waals surface area contributed by atoms with Crippen LogP contribution in [0.2, 0.25) is 18.1 Å². The normalized spacial score (nSPS) is 35.6. The van der Waals surface area contributed by atoms with Crippen molar-refractivity contribution in [2.24, 2.45) is 0 Å². The molecule has 50 heavy (non-hydrogen) atoms. The summed E-state index contributed by atoms with van der Waals surface area (Å²) in [5.41, 5.74) is 8.14. The lowest BCUT2D eigenvalue weighted by atomic mass is 10.2. The third-order valence-electron chi connectivity index (χ3n) is 9.28. The Balaban J connectivity index is 1.27. The summed E-state index contributed by atoms with van der Waals surface area (Å²) < 4.78 is 75.0. The standard InChI is InChI=1S/C26H36ClN9O9P2S2Si/c1-12-15-21(31-8-29-12)36(10-33-15)24-18-19(45-50(5,6)26(2,3)4)25(41-24)44-47(38,49)42-17-13(7-39-46(37,48)43-18)40-23(14(17)27)35-11-34-16-20(28)30-9-32-22(16)35/h8-11,13-14,17-19,23-25H,7H2,1-6H3,(H,37,48)(H,38,49)(H2,28,30,32)/t13-,14-,17-,18-,19?,23-,24-,25-,46?,47?/m1/s1. The van der Waals surface area contributed by atoms with Gasteiger partial charge in [-0.1, -0.05) is 45.3 Å². The average Bonchev–Trinajstić information content (AvgIpc) is 3.77. The van der Waals surface area contributed by atoms with Gasteiger partial charge in [-0.3, -0.25) is 27.2 Å². The average molecular weight is 808 g/mol. The Morgan fingerprint density at radius 2 is 1.52 bits per heavy atom. The number of fused-ring (bicyclic) bond motifs is 5. The van der Waals surface area contributed by atoms with E-state index in [4.69, 9.17) is 49.3 Å². The van der Waals surface area contributed by atoms with Gasteiger partial charge in [-0.05, 0) is 25.1 Å². The molecule has 4 aromatic heterocycles. The fourth-order valence-electron chi connectivity index (χ4n) is 5.72. The number of rotatable bonds is 4. The van der Waals surface area contributed by atoms with Crippen LogP contribution in [-0.4, -0.2) is 90.0 Å². The molecule has 3 fully saturated rings. The molecule has 10 atom stereocenters. The molecule has 4 aromatic rings. The lowest BCUT2D eigenvalue weighted by Crippen LogP contribution is -2.50. The number of ether oxygens (including phenoxy) is 2. The first-order valence-corrected chi connectivity index (χ1v) is 24.1. The van der Waals surface area contributed by atoms with Gasteiger partial charge < -0.3 is 19.6 Å². The first kappa shape index (κ1) is 36.6. The smallest absolute Gasteiger partial charge is 0.388 e. The third kappa shape index (κ3) is 6.67. The van der Waals surface area contributed by atoms with Crippen LogP contribution in [0.5, 0.6) is 0 Å². The molecule has 0 saturated carbocycles. The zero-order valence-corrected chi connectivity index (χ0v) is 33.0. The summed E-state index contributed by atoms with van der Waals surface area (Å²) in [6.45, 7) is 2.88. The highest BCUT2D eigenvalue weighted by atomic mass is 35.5. The van der Waals surface area contributed by atoms with Crippen LogP contribution >= 0.6 is 49.7 Å². The molecule has 2 N–H and O–H groups in total. The molecule has 0 spiro atoms. The topological polar surface area (TPSA) is 212 Å². The quantitative estimate of drug-likeness (QED) is 0.105. The SMILES string of the molecule is Cc1ncnc2c1ncn2[C@@H]1O[C@@H]2OP(=O)(S)O[C@H]3[C@@H](Cl)[C@H](n4cnc5c(N)ncnc54)O[C@@H]3COP(=O)(S)O[C@@H]1C2O[Si](C)(C)C(C)(C)C. The van der Waals surface area contributed by atoms with Gasteiger partial charge in [0.15, 0.2) is 44.2 Å². The number of nitrogen functional groups attached to an aromatic ring is 1. The van der Waals surface area contributed by atoms with Crippen LogP contribution in [0.3, 0.4) is 0 Å². The van der Waals surface area contributed by atoms with Gasteiger partial charge >= 0.3 is 13.6 Å². The minimum Gasteiger partial charge on any atom is -0.406 e. The van der Waals surface area contributed by atoms with Crippen LogP contribution in [0.15, 0.2) is 25.3 Å². The van der Waals surface area contributed by atoms with Crippen LogP contribution in [0.4, 0.5) is 5.82 Å². The molecule has 272 valence electrons. The van der Waals surface area contributed by atoms with Crippen LogP contribution in [-0.2, 0) is 41.1 Å². The maximum Gasteiger partial charge on any atom is 0.388 e. The van der Waals surface area contributed by atoms with E-state index in [2.05, 4.69) is 54.4 Å². The molecule has 0 aromatic carbocycles. The van der Waals surface area contributed by atoms with E-state index in [-0.39, 0.29) is 10.9 Å². The number of aromatic nitrogens is 8. The number of alkyl halides is 1. The first-order valence-electron chi connectivity index (χ1n) is 15.4. The summed E-state index contributed by atoms with van der Waals surface area (Å²) in [6, 6.07) is 0. The zero-order valence-electron chi connectivity index (χ0n) is 27.6. The summed E-state index contributed by atoms with van der Waals surface area (Å²) in [5, 5.41) is -1.35. The van der Waals surface area contributed by atoms with E-state index in [0.29, 0.717) is 28.0 Å². The fourth-order valence-corrected chi connectivity index (χ4v) is 10.6. The van der Waals surface area contributed by atoms with E-state index < -0.39 is 77.1 Å². The third-order valence-corrected chi connectivity index (χ3v) is 17.4. The number of hydrogen-bond acceptors (Lipinski definition) is 16. The second-order valence-corrected chi connectivity index (χ2v) is 24.6. The Hall–Kier alpha value is -1.71. The molecule has 2 bridgehead atoms. The van der Waals surface area contributed by atoms with Gasteiger partial charge in [0.1, 0.15) is 53.5 Å². The van der Waals surface area contributed by atoms with Crippen LogP contribution in [0, 0.1) is 6.92 Å². The number of imidazole rings is 2. The van der Waals surface area contributed by atoms with E-state index in [0.717, 1.165) is 0 Å². The number of hydrogen-bond donors (Lipinski definition) is 3. The van der Waals surface area contributed by atoms with Crippen LogP contribution in [0.25, 0.3) is 22.3 Å². The van der Waals surface area contributed by atoms with Crippen molar-refractivity contribution >= 4 is 86.2 Å². The molecular weight excluding hydrogens is 772 g/mol. The molecule has 3 aliphatic rings. The van der Waals surface area contributed by atoms with Crippen molar-refractivity contribution in [1.29, 1.82) is 0 Å². The van der Waals surface area contributed by atoms with E-state index in [1.54, 1.807) is 11.5 Å². The number of nitrogens with two attached hydrogens (primary N) is 1. The Labute approximate surface area is 303 Å². The number of nitrogens with zero attached hydrogens (tertiary/aromatic N) is 8. The maximum absolute atomic E-state index is 14.2. The number of thiol groups is 2. The molecule has 3 unspecified atom stereocenters. The minimum atomic E-state index is -4.37. The lowest BCUT2D eigenvalue weighted by Gasteiger charge is -2.40. The molecule has 0 radical (unpaired) electrons. The van der Waals surface area contributed by atoms with Gasteiger partial charge in [-0.2, -0.15) is 0 Å². The van der Waals surface area contributed by atoms with Gasteiger partial charge in [0.05, 0.1) is 25.0 Å². The van der Waals surface area contributed by atoms with Crippen molar-refractivity contribution in [3.8, 4) is 0 Å². The molecular formula is C26H36ClN9O9P2S2Si. The molecule has 0 aliphatic carbocycles. The Kier molecular flexibility index (Phi) is 9.52. The van der Waals surface area contributed by atoms with Crippen molar-refractivity contribution in [2.45, 2.75) is 94.4 Å². The highest BCUT2D eigenvalue weighted by molar-refractivity contribution is 8.44. The van der Waals surface area contributed by atoms with Gasteiger partial charge in [0.2, 0.25) is 0 Å². The zero-order chi connectivity index (χ0) is 36.0. The highest BCUT2D eigenvalue weighted by Crippen LogP contribution is 2.63. The summed E-state index contributed by atoms with van der Waals surface area (Å²) in [6.07, 6.45) is -2.60. The van der Waals surface area contributed by atoms with Gasteiger partial charge in [-0.15, -0.1) is 11.6 Å². The molecule has 18 nitrogen and oxygen atoms in total. The van der Waals surface area contributed by atoms with Gasteiger partial charge in [0, 0.05) is 0 Å². The fraction of sp³-hybridized carbons (Fsp3) is 0.615. The monoisotopic (exact) mass is 807 g/mol. The first-order chi connectivity index (χ1) is 23.4. The molecule has 3 saturated heterocycles. The summed E-state index contributed by atoms with van der Waals surface area (Å²) in [4.78, 5) is 25.6. The number of aryl methyl sites for hydroxylation is 1. The van der Waals surface area contributed by atoms with Crippen molar-refractivity contribution in [1.82, 2.24) is 39.0 Å². The molecule has 7 heterocycles. The predicted octanol–water partition coefficient (Wildman–Crippen LogP) is 5.20. The summed E-state index contributed by atoms with van der Waals surface area (Å²) in [5.74, 6) is 0.152. The molecule has 24 heteroatoms. The number of anilines is 1. The highest BCUT2D eigenvalue weighted by Gasteiger charge is 2.58. The molecule has 0 amide bonds. The predicted molar refractivity (Wildman–Crippen MR) is 189 cm³/mol. The molecule has 3 aliphatic heterocycles. The Morgan fingerprint density at radius 1 is 0.900 bits per heavy atom. The van der Waals surface area contributed by atoms with Crippen LogP contribution in [0.1, 0.15) is 38.9 Å². The summed E-state index contributed by atoms with van der Waals surface area (Å²) >= 11 is 15.7. The second-order valence-electron chi connectivity index (χ2n) is 13.6. The lowest BCUT2D eigenvalue weighted by molar-refractivity contribution is -0.127. The van der Waals surface area contributed by atoms with Crippen molar-refractivity contribution in [2.75, 3.05) is 12.3 Å². The summed E-state index contributed by atoms with van der Waals surface area (Å²) in [7, 11) is -2.67.